The molecule has 2 aromatic rings. The summed E-state index contributed by atoms with van der Waals surface area (Å²) in [4.78, 5) is 4.19. The van der Waals surface area contributed by atoms with Crippen molar-refractivity contribution in [2.45, 2.75) is 6.92 Å². The fourth-order valence-electron chi connectivity index (χ4n) is 1.64. The van der Waals surface area contributed by atoms with Gasteiger partial charge in [-0.1, -0.05) is 6.07 Å². The summed E-state index contributed by atoms with van der Waals surface area (Å²) in [7, 11) is 1.61. The molecule has 0 aliphatic carbocycles. The predicted octanol–water partition coefficient (Wildman–Crippen LogP) is 2.13. The smallest absolute Gasteiger partial charge is 0.221 e. The van der Waals surface area contributed by atoms with Crippen molar-refractivity contribution in [3.8, 4) is 5.88 Å². The summed E-state index contributed by atoms with van der Waals surface area (Å²) in [6.45, 7) is 1.99. The van der Waals surface area contributed by atoms with Crippen molar-refractivity contribution in [2.24, 2.45) is 0 Å². The summed E-state index contributed by atoms with van der Waals surface area (Å²) in [5.41, 5.74) is 7.73. The molecule has 2 N–H and O–H groups in total. The molecule has 0 aliphatic heterocycles. The number of rotatable bonds is 1. The summed E-state index contributed by atoms with van der Waals surface area (Å²) in [6.07, 6.45) is 1.78. The zero-order chi connectivity index (χ0) is 10.1. The van der Waals surface area contributed by atoms with Gasteiger partial charge in [0.1, 0.15) is 0 Å². The van der Waals surface area contributed by atoms with E-state index >= 15 is 0 Å². The van der Waals surface area contributed by atoms with Crippen LogP contribution >= 0.6 is 0 Å². The molecular weight excluding hydrogens is 176 g/mol. The van der Waals surface area contributed by atoms with Crippen LogP contribution in [0.25, 0.3) is 10.8 Å². The molecular formula is C11H12N2O. The summed E-state index contributed by atoms with van der Waals surface area (Å²) < 4.78 is 5.17. The van der Waals surface area contributed by atoms with Crippen LogP contribution in [0.5, 0.6) is 5.88 Å². The number of nitrogen functional groups attached to an aromatic ring is 1. The molecule has 0 aliphatic rings. The first-order chi connectivity index (χ1) is 6.74. The third kappa shape index (κ3) is 1.18. The zero-order valence-electron chi connectivity index (χ0n) is 8.24. The van der Waals surface area contributed by atoms with Crippen LogP contribution in [0.1, 0.15) is 5.56 Å². The highest BCUT2D eigenvalue weighted by Crippen LogP contribution is 2.29. The number of pyridine rings is 1. The highest BCUT2D eigenvalue weighted by atomic mass is 16.5. The molecule has 3 heteroatoms. The molecule has 0 spiro atoms. The second kappa shape index (κ2) is 3.18. The van der Waals surface area contributed by atoms with Crippen LogP contribution < -0.4 is 10.5 Å². The van der Waals surface area contributed by atoms with Crippen LogP contribution in [0.15, 0.2) is 24.4 Å². The second-order valence-electron chi connectivity index (χ2n) is 3.22. The summed E-state index contributed by atoms with van der Waals surface area (Å²) in [6, 6.07) is 5.75. The van der Waals surface area contributed by atoms with E-state index in [2.05, 4.69) is 4.98 Å². The SMILES string of the molecule is COc1ncc(C)c2c(N)cccc12. The summed E-state index contributed by atoms with van der Waals surface area (Å²) >= 11 is 0. The zero-order valence-corrected chi connectivity index (χ0v) is 8.24. The third-order valence-corrected chi connectivity index (χ3v) is 2.29. The van der Waals surface area contributed by atoms with Crippen molar-refractivity contribution in [3.05, 3.63) is 30.0 Å². The van der Waals surface area contributed by atoms with E-state index in [1.54, 1.807) is 13.3 Å². The lowest BCUT2D eigenvalue weighted by molar-refractivity contribution is 0.403. The lowest BCUT2D eigenvalue weighted by Crippen LogP contribution is -1.94. The number of aromatic nitrogens is 1. The monoisotopic (exact) mass is 188 g/mol. The Morgan fingerprint density at radius 2 is 2.14 bits per heavy atom. The van der Waals surface area contributed by atoms with Gasteiger partial charge in [0.15, 0.2) is 0 Å². The van der Waals surface area contributed by atoms with E-state index in [0.29, 0.717) is 5.88 Å². The Balaban J connectivity index is 2.91. The second-order valence-corrected chi connectivity index (χ2v) is 3.22. The van der Waals surface area contributed by atoms with Gasteiger partial charge < -0.3 is 10.5 Å². The molecule has 2 rings (SSSR count). The maximum Gasteiger partial charge on any atom is 0.221 e. The number of nitrogens with zero attached hydrogens (tertiary/aromatic N) is 1. The number of benzene rings is 1. The van der Waals surface area contributed by atoms with Gasteiger partial charge in [0.05, 0.1) is 7.11 Å². The molecule has 0 atom stereocenters. The highest BCUT2D eigenvalue weighted by molar-refractivity contribution is 5.97. The van der Waals surface area contributed by atoms with Crippen LogP contribution in [0, 0.1) is 6.92 Å². The molecule has 1 aromatic heterocycles. The largest absolute Gasteiger partial charge is 0.481 e. The minimum absolute atomic E-state index is 0.623. The molecule has 72 valence electrons. The molecule has 0 saturated heterocycles. The topological polar surface area (TPSA) is 48.1 Å². The molecule has 0 radical (unpaired) electrons. The van der Waals surface area contributed by atoms with E-state index in [0.717, 1.165) is 22.0 Å². The van der Waals surface area contributed by atoms with Crippen LogP contribution in [-0.4, -0.2) is 12.1 Å². The summed E-state index contributed by atoms with van der Waals surface area (Å²) in [5, 5.41) is 1.99. The van der Waals surface area contributed by atoms with Crippen molar-refractivity contribution in [2.75, 3.05) is 12.8 Å². The van der Waals surface area contributed by atoms with E-state index in [4.69, 9.17) is 10.5 Å². The maximum atomic E-state index is 5.90. The Morgan fingerprint density at radius 1 is 1.36 bits per heavy atom. The van der Waals surface area contributed by atoms with Crippen molar-refractivity contribution in [3.63, 3.8) is 0 Å². The quantitative estimate of drug-likeness (QED) is 0.697. The first kappa shape index (κ1) is 8.81. The molecule has 0 fully saturated rings. The van der Waals surface area contributed by atoms with E-state index < -0.39 is 0 Å². The van der Waals surface area contributed by atoms with Gasteiger partial charge in [-0.25, -0.2) is 4.98 Å². The average Bonchev–Trinajstić information content (AvgIpc) is 2.18. The van der Waals surface area contributed by atoms with Gasteiger partial charge in [0.25, 0.3) is 0 Å². The fraction of sp³-hybridized carbons (Fsp3) is 0.182. The third-order valence-electron chi connectivity index (χ3n) is 2.29. The van der Waals surface area contributed by atoms with E-state index in [-0.39, 0.29) is 0 Å². The molecule has 0 unspecified atom stereocenters. The van der Waals surface area contributed by atoms with E-state index in [9.17, 15) is 0 Å². The van der Waals surface area contributed by atoms with Crippen LogP contribution in [0.3, 0.4) is 0 Å². The Morgan fingerprint density at radius 3 is 2.86 bits per heavy atom. The lowest BCUT2D eigenvalue weighted by Gasteiger charge is -2.08. The number of aryl methyl sites for hydroxylation is 1. The van der Waals surface area contributed by atoms with Gasteiger partial charge in [-0.15, -0.1) is 0 Å². The molecule has 0 bridgehead atoms. The Hall–Kier alpha value is -1.77. The van der Waals surface area contributed by atoms with Gasteiger partial charge in [0.2, 0.25) is 5.88 Å². The van der Waals surface area contributed by atoms with E-state index in [1.165, 1.54) is 0 Å². The molecule has 1 heterocycles. The molecule has 0 saturated carbocycles. The number of anilines is 1. The summed E-state index contributed by atoms with van der Waals surface area (Å²) in [5.74, 6) is 0.623. The Kier molecular flexibility index (Phi) is 2.00. The van der Waals surface area contributed by atoms with Crippen LogP contribution in [0.4, 0.5) is 5.69 Å². The number of fused-ring (bicyclic) bond motifs is 1. The van der Waals surface area contributed by atoms with Gasteiger partial charge >= 0.3 is 0 Å². The normalized spacial score (nSPS) is 10.4. The number of nitrogens with two attached hydrogens (primary N) is 1. The molecule has 3 nitrogen and oxygen atoms in total. The number of ether oxygens (including phenoxy) is 1. The number of hydrogen-bond donors (Lipinski definition) is 1. The standard InChI is InChI=1S/C11H12N2O/c1-7-6-13-11(14-2)8-4-3-5-9(12)10(7)8/h3-6H,12H2,1-2H3. The van der Waals surface area contributed by atoms with Crippen molar-refractivity contribution in [1.82, 2.24) is 4.98 Å². The molecule has 0 amide bonds. The first-order valence-corrected chi connectivity index (χ1v) is 4.42. The number of hydrogen-bond acceptors (Lipinski definition) is 3. The molecule has 1 aromatic carbocycles. The predicted molar refractivity (Wildman–Crippen MR) is 57.4 cm³/mol. The Labute approximate surface area is 82.5 Å². The van der Waals surface area contributed by atoms with Gasteiger partial charge in [-0.3, -0.25) is 0 Å². The molecule has 14 heavy (non-hydrogen) atoms. The van der Waals surface area contributed by atoms with Gasteiger partial charge in [0, 0.05) is 22.7 Å². The van der Waals surface area contributed by atoms with Crippen molar-refractivity contribution < 1.29 is 4.74 Å². The van der Waals surface area contributed by atoms with Gasteiger partial charge in [-0.05, 0) is 24.6 Å². The highest BCUT2D eigenvalue weighted by Gasteiger charge is 2.06. The van der Waals surface area contributed by atoms with Crippen LogP contribution in [0.2, 0.25) is 0 Å². The van der Waals surface area contributed by atoms with Crippen molar-refractivity contribution >= 4 is 16.5 Å². The van der Waals surface area contributed by atoms with Gasteiger partial charge in [-0.2, -0.15) is 0 Å². The average molecular weight is 188 g/mol. The van der Waals surface area contributed by atoms with E-state index in [1.807, 2.05) is 25.1 Å². The Bertz CT molecular complexity index is 472. The minimum Gasteiger partial charge on any atom is -0.481 e. The maximum absolute atomic E-state index is 5.90. The lowest BCUT2D eigenvalue weighted by atomic mass is 10.1. The first-order valence-electron chi connectivity index (χ1n) is 4.42. The fourth-order valence-corrected chi connectivity index (χ4v) is 1.64. The number of methoxy groups -OCH3 is 1. The van der Waals surface area contributed by atoms with Crippen LogP contribution in [-0.2, 0) is 0 Å². The minimum atomic E-state index is 0.623. The van der Waals surface area contributed by atoms with Crippen molar-refractivity contribution in [1.29, 1.82) is 0 Å².